The van der Waals surface area contributed by atoms with Gasteiger partial charge in [0.05, 0.1) is 23.8 Å². The molecule has 1 aromatic heterocycles. The molecule has 1 fully saturated rings. The van der Waals surface area contributed by atoms with Gasteiger partial charge in [-0.15, -0.1) is 10.2 Å². The van der Waals surface area contributed by atoms with Crippen molar-refractivity contribution in [3.8, 4) is 5.75 Å². The summed E-state index contributed by atoms with van der Waals surface area (Å²) in [5.41, 5.74) is 2.55. The van der Waals surface area contributed by atoms with E-state index in [9.17, 15) is 9.59 Å². The molecule has 1 saturated heterocycles. The second-order valence-electron chi connectivity index (χ2n) is 7.33. The summed E-state index contributed by atoms with van der Waals surface area (Å²) in [6, 6.07) is 12.8. The molecule has 1 aliphatic rings. The summed E-state index contributed by atoms with van der Waals surface area (Å²) >= 11 is 7.21. The zero-order chi connectivity index (χ0) is 22.7. The monoisotopic (exact) mass is 472 g/mol. The van der Waals surface area contributed by atoms with E-state index in [1.807, 2.05) is 31.2 Å². The molecule has 8 nitrogen and oxygen atoms in total. The van der Waals surface area contributed by atoms with E-state index < -0.39 is 0 Å². The molecule has 3 aromatic rings. The zero-order valence-electron chi connectivity index (χ0n) is 17.5. The number of aryl methyl sites for hydroxylation is 1. The topological polar surface area (TPSA) is 97.6 Å². The molecule has 0 bridgehead atoms. The fourth-order valence-electron chi connectivity index (χ4n) is 3.36. The highest BCUT2D eigenvalue weighted by Gasteiger charge is 2.35. The Hall–Kier alpha value is -3.04. The van der Waals surface area contributed by atoms with Crippen LogP contribution in [0.4, 0.5) is 11.4 Å². The van der Waals surface area contributed by atoms with Crippen LogP contribution < -0.4 is 15.0 Å². The Balaban J connectivity index is 1.32. The lowest BCUT2D eigenvalue weighted by molar-refractivity contribution is -0.117. The van der Waals surface area contributed by atoms with Crippen molar-refractivity contribution in [2.45, 2.75) is 24.5 Å². The Bertz CT molecular complexity index is 1140. The van der Waals surface area contributed by atoms with Crippen LogP contribution in [-0.4, -0.2) is 41.4 Å². The molecule has 166 valence electrons. The Labute approximate surface area is 194 Å². The van der Waals surface area contributed by atoms with E-state index in [0.29, 0.717) is 35.3 Å². The molecule has 2 aromatic carbocycles. The van der Waals surface area contributed by atoms with Crippen molar-refractivity contribution in [1.82, 2.24) is 10.2 Å². The van der Waals surface area contributed by atoms with E-state index in [-0.39, 0.29) is 28.7 Å². The van der Waals surface area contributed by atoms with Gasteiger partial charge in [0.1, 0.15) is 5.75 Å². The van der Waals surface area contributed by atoms with Crippen molar-refractivity contribution >= 4 is 46.6 Å². The number of nitrogens with zero attached hydrogens (tertiary/aromatic N) is 3. The number of hydrogen-bond acceptors (Lipinski definition) is 7. The second-order valence-corrected chi connectivity index (χ2v) is 8.67. The standard InChI is InChI=1S/C22H21ClN4O4S/c1-13-3-6-16(7-4-13)27-11-14(9-20(27)29)21-25-26-22(31-21)32-12-19(28)24-15-5-8-18(30-2)17(23)10-15/h3-8,10,14H,9,11-12H2,1-2H3,(H,24,28)/t14-/m1/s1. The lowest BCUT2D eigenvalue weighted by atomic mass is 10.1. The first-order valence-corrected chi connectivity index (χ1v) is 11.3. The number of halogens is 1. The number of methoxy groups -OCH3 is 1. The molecule has 0 spiro atoms. The van der Waals surface area contributed by atoms with Crippen LogP contribution in [0.15, 0.2) is 52.1 Å². The minimum atomic E-state index is -0.238. The number of aromatic nitrogens is 2. The van der Waals surface area contributed by atoms with Crippen LogP contribution in [0.3, 0.4) is 0 Å². The molecule has 0 unspecified atom stereocenters. The SMILES string of the molecule is COc1ccc(NC(=O)CSc2nnc([C@@H]3CC(=O)N(c4ccc(C)cc4)C3)o2)cc1Cl. The summed E-state index contributed by atoms with van der Waals surface area (Å²) in [6.45, 7) is 2.48. The predicted octanol–water partition coefficient (Wildman–Crippen LogP) is 4.29. The third-order valence-corrected chi connectivity index (χ3v) is 6.12. The van der Waals surface area contributed by atoms with Crippen LogP contribution in [-0.2, 0) is 9.59 Å². The van der Waals surface area contributed by atoms with Crippen molar-refractivity contribution in [2.75, 3.05) is 29.6 Å². The molecule has 32 heavy (non-hydrogen) atoms. The summed E-state index contributed by atoms with van der Waals surface area (Å²) in [4.78, 5) is 26.4. The van der Waals surface area contributed by atoms with Gasteiger partial charge in [0.15, 0.2) is 0 Å². The summed E-state index contributed by atoms with van der Waals surface area (Å²) in [5, 5.41) is 11.5. The van der Waals surface area contributed by atoms with Gasteiger partial charge in [0, 0.05) is 24.3 Å². The molecule has 2 amide bonds. The van der Waals surface area contributed by atoms with Crippen LogP contribution >= 0.6 is 23.4 Å². The zero-order valence-corrected chi connectivity index (χ0v) is 19.1. The highest BCUT2D eigenvalue weighted by atomic mass is 35.5. The van der Waals surface area contributed by atoms with Crippen LogP contribution in [0.2, 0.25) is 5.02 Å². The van der Waals surface area contributed by atoms with Gasteiger partial charge in [-0.05, 0) is 37.3 Å². The number of anilines is 2. The quantitative estimate of drug-likeness (QED) is 0.512. The van der Waals surface area contributed by atoms with Crippen LogP contribution in [0.25, 0.3) is 0 Å². The number of amides is 2. The minimum Gasteiger partial charge on any atom is -0.495 e. The van der Waals surface area contributed by atoms with Gasteiger partial charge >= 0.3 is 0 Å². The van der Waals surface area contributed by atoms with Gasteiger partial charge in [-0.25, -0.2) is 0 Å². The molecule has 0 saturated carbocycles. The number of hydrogen-bond donors (Lipinski definition) is 1. The largest absolute Gasteiger partial charge is 0.495 e. The highest BCUT2D eigenvalue weighted by molar-refractivity contribution is 7.99. The molecular formula is C22H21ClN4O4S. The van der Waals surface area contributed by atoms with Gasteiger partial charge in [0.2, 0.25) is 17.7 Å². The maximum absolute atomic E-state index is 12.5. The average Bonchev–Trinajstić information content (AvgIpc) is 3.40. The van der Waals surface area contributed by atoms with E-state index in [4.69, 9.17) is 20.8 Å². The molecule has 1 aliphatic heterocycles. The van der Waals surface area contributed by atoms with Crippen LogP contribution in [0.5, 0.6) is 5.75 Å². The number of thioether (sulfide) groups is 1. The van der Waals surface area contributed by atoms with Crippen molar-refractivity contribution in [3.63, 3.8) is 0 Å². The van der Waals surface area contributed by atoms with E-state index in [1.165, 1.54) is 7.11 Å². The van der Waals surface area contributed by atoms with E-state index in [0.717, 1.165) is 23.0 Å². The fraction of sp³-hybridized carbons (Fsp3) is 0.273. The van der Waals surface area contributed by atoms with Crippen LogP contribution in [0, 0.1) is 6.92 Å². The molecule has 0 aliphatic carbocycles. The smallest absolute Gasteiger partial charge is 0.277 e. The highest BCUT2D eigenvalue weighted by Crippen LogP contribution is 2.32. The third-order valence-electron chi connectivity index (χ3n) is 5.00. The summed E-state index contributed by atoms with van der Waals surface area (Å²) in [7, 11) is 1.52. The van der Waals surface area contributed by atoms with Crippen molar-refractivity contribution < 1.29 is 18.7 Å². The molecule has 4 rings (SSSR count). The van der Waals surface area contributed by atoms with Gasteiger partial charge in [-0.3, -0.25) is 9.59 Å². The first kappa shape index (κ1) is 22.2. The van der Waals surface area contributed by atoms with Gasteiger partial charge in [-0.1, -0.05) is 41.1 Å². The summed E-state index contributed by atoms with van der Waals surface area (Å²) in [6.07, 6.45) is 0.304. The molecule has 0 radical (unpaired) electrons. The summed E-state index contributed by atoms with van der Waals surface area (Å²) in [5.74, 6) is 0.619. The van der Waals surface area contributed by atoms with Crippen molar-refractivity contribution in [1.29, 1.82) is 0 Å². The third kappa shape index (κ3) is 5.05. The molecule has 1 atom stereocenters. The number of ether oxygens (including phenoxy) is 1. The van der Waals surface area contributed by atoms with Crippen molar-refractivity contribution in [3.05, 3.63) is 58.9 Å². The van der Waals surface area contributed by atoms with Crippen molar-refractivity contribution in [2.24, 2.45) is 0 Å². The fourth-order valence-corrected chi connectivity index (χ4v) is 4.19. The first-order chi connectivity index (χ1) is 15.4. The average molecular weight is 473 g/mol. The van der Waals surface area contributed by atoms with E-state index >= 15 is 0 Å². The van der Waals surface area contributed by atoms with Gasteiger partial charge in [-0.2, -0.15) is 0 Å². The molecule has 2 heterocycles. The number of nitrogens with one attached hydrogen (secondary N) is 1. The number of benzene rings is 2. The lowest BCUT2D eigenvalue weighted by Gasteiger charge is -2.16. The first-order valence-electron chi connectivity index (χ1n) is 9.89. The lowest BCUT2D eigenvalue weighted by Crippen LogP contribution is -2.24. The van der Waals surface area contributed by atoms with Crippen LogP contribution in [0.1, 0.15) is 23.8 Å². The molecular weight excluding hydrogens is 452 g/mol. The normalized spacial score (nSPS) is 15.8. The molecule has 10 heteroatoms. The Morgan fingerprint density at radius 2 is 2.06 bits per heavy atom. The van der Waals surface area contributed by atoms with E-state index in [1.54, 1.807) is 23.1 Å². The molecule has 1 N–H and O–H groups in total. The number of carbonyl (C=O) groups excluding carboxylic acids is 2. The summed E-state index contributed by atoms with van der Waals surface area (Å²) < 4.78 is 10.8. The maximum Gasteiger partial charge on any atom is 0.277 e. The number of carbonyl (C=O) groups is 2. The second kappa shape index (κ2) is 9.62. The van der Waals surface area contributed by atoms with Gasteiger partial charge < -0.3 is 19.4 Å². The van der Waals surface area contributed by atoms with Gasteiger partial charge in [0.25, 0.3) is 5.22 Å². The van der Waals surface area contributed by atoms with E-state index in [2.05, 4.69) is 15.5 Å². The Morgan fingerprint density at radius 1 is 1.28 bits per heavy atom. The Kier molecular flexibility index (Phi) is 6.66. The Morgan fingerprint density at radius 3 is 2.78 bits per heavy atom. The maximum atomic E-state index is 12.5. The predicted molar refractivity (Wildman–Crippen MR) is 123 cm³/mol. The number of rotatable bonds is 7. The minimum absolute atomic E-state index is 0.0174.